The predicted octanol–water partition coefficient (Wildman–Crippen LogP) is 14.1. The largest absolute Gasteiger partial charge is 0.311 e. The van der Waals surface area contributed by atoms with Gasteiger partial charge >= 0.3 is 0 Å². The molecule has 0 N–H and O–H groups in total. The maximum Gasteiger partial charge on any atom is 0.0462 e. The number of nitrogens with zero attached hydrogens (tertiary/aromatic N) is 1. The number of rotatable bonds is 7. The summed E-state index contributed by atoms with van der Waals surface area (Å²) >= 11 is 0. The molecule has 9 rings (SSSR count). The first kappa shape index (κ1) is 30.4. The summed E-state index contributed by atoms with van der Waals surface area (Å²) < 4.78 is 0. The van der Waals surface area contributed by atoms with Crippen LogP contribution >= 0.6 is 0 Å². The maximum absolute atomic E-state index is 2.34. The summed E-state index contributed by atoms with van der Waals surface area (Å²) in [6.07, 6.45) is 0. The number of anilines is 3. The van der Waals surface area contributed by atoms with E-state index in [1.165, 1.54) is 66.1 Å². The molecular formula is C50H35N. The van der Waals surface area contributed by atoms with Crippen LogP contribution in [0.5, 0.6) is 0 Å². The third kappa shape index (κ3) is 6.07. The van der Waals surface area contributed by atoms with Gasteiger partial charge in [0.15, 0.2) is 0 Å². The van der Waals surface area contributed by atoms with Gasteiger partial charge in [-0.2, -0.15) is 0 Å². The summed E-state index contributed by atoms with van der Waals surface area (Å²) in [5.41, 5.74) is 13.0. The maximum atomic E-state index is 2.34. The zero-order valence-electron chi connectivity index (χ0n) is 28.2. The minimum atomic E-state index is 1.11. The first-order valence-electron chi connectivity index (χ1n) is 17.5. The van der Waals surface area contributed by atoms with Gasteiger partial charge in [-0.3, -0.25) is 0 Å². The molecule has 9 aromatic rings. The lowest BCUT2D eigenvalue weighted by Gasteiger charge is -2.26. The van der Waals surface area contributed by atoms with Gasteiger partial charge < -0.3 is 4.90 Å². The summed E-state index contributed by atoms with van der Waals surface area (Å²) in [4.78, 5) is 2.34. The minimum absolute atomic E-state index is 1.11. The van der Waals surface area contributed by atoms with Crippen molar-refractivity contribution >= 4 is 38.6 Å². The van der Waals surface area contributed by atoms with Crippen LogP contribution in [0.2, 0.25) is 0 Å². The molecular weight excluding hydrogens is 615 g/mol. The van der Waals surface area contributed by atoms with Crippen molar-refractivity contribution in [1.82, 2.24) is 0 Å². The van der Waals surface area contributed by atoms with Gasteiger partial charge in [-0.15, -0.1) is 0 Å². The number of hydrogen-bond acceptors (Lipinski definition) is 1. The summed E-state index contributed by atoms with van der Waals surface area (Å²) in [6.45, 7) is 0. The molecule has 0 spiro atoms. The Labute approximate surface area is 299 Å². The van der Waals surface area contributed by atoms with Crippen molar-refractivity contribution in [1.29, 1.82) is 0 Å². The highest BCUT2D eigenvalue weighted by Gasteiger charge is 2.14. The second-order valence-corrected chi connectivity index (χ2v) is 13.0. The quantitative estimate of drug-likeness (QED) is 0.166. The zero-order valence-corrected chi connectivity index (χ0v) is 28.2. The molecule has 0 fully saturated rings. The molecule has 240 valence electrons. The molecule has 0 atom stereocenters. The van der Waals surface area contributed by atoms with Crippen molar-refractivity contribution in [2.45, 2.75) is 0 Å². The van der Waals surface area contributed by atoms with E-state index in [1.54, 1.807) is 0 Å². The Kier molecular flexibility index (Phi) is 7.92. The number of hydrogen-bond donors (Lipinski definition) is 0. The van der Waals surface area contributed by atoms with Gasteiger partial charge in [0.25, 0.3) is 0 Å². The molecule has 1 nitrogen and oxygen atoms in total. The highest BCUT2D eigenvalue weighted by molar-refractivity contribution is 5.97. The summed E-state index contributed by atoms with van der Waals surface area (Å²) in [5.74, 6) is 0. The fourth-order valence-electron chi connectivity index (χ4n) is 7.17. The molecule has 9 aromatic carbocycles. The fourth-order valence-corrected chi connectivity index (χ4v) is 7.17. The molecule has 0 unspecified atom stereocenters. The van der Waals surface area contributed by atoms with Gasteiger partial charge in [0.1, 0.15) is 0 Å². The van der Waals surface area contributed by atoms with Gasteiger partial charge in [0.05, 0.1) is 0 Å². The van der Waals surface area contributed by atoms with Crippen LogP contribution in [0, 0.1) is 0 Å². The third-order valence-electron chi connectivity index (χ3n) is 9.89. The van der Waals surface area contributed by atoms with Gasteiger partial charge in [0, 0.05) is 17.1 Å². The molecule has 0 saturated carbocycles. The molecule has 0 radical (unpaired) electrons. The van der Waals surface area contributed by atoms with Gasteiger partial charge in [-0.05, 0) is 109 Å². The average Bonchev–Trinajstić information content (AvgIpc) is 3.22. The molecule has 0 aromatic heterocycles. The first-order valence-corrected chi connectivity index (χ1v) is 17.5. The zero-order chi connectivity index (χ0) is 34.0. The van der Waals surface area contributed by atoms with Crippen LogP contribution in [0.25, 0.3) is 66.1 Å². The van der Waals surface area contributed by atoms with Crippen LogP contribution in [0.3, 0.4) is 0 Å². The topological polar surface area (TPSA) is 3.24 Å². The number of benzene rings is 9. The standard InChI is InChI=1S/C50H35N/c1-2-9-36(10-3-1)39-23-29-46(30-24-39)51(48-33-27-41(28-34-48)45-22-19-37-11-4-5-13-44(37)35-45)47-31-25-40(26-32-47)38-17-20-43(21-18-38)50-16-8-14-42-12-6-7-15-49(42)50/h1-35H. The van der Waals surface area contributed by atoms with E-state index in [2.05, 4.69) is 217 Å². The van der Waals surface area contributed by atoms with Crippen molar-refractivity contribution in [2.75, 3.05) is 4.90 Å². The molecule has 0 bridgehead atoms. The van der Waals surface area contributed by atoms with Crippen molar-refractivity contribution in [3.63, 3.8) is 0 Å². The Balaban J connectivity index is 1.04. The minimum Gasteiger partial charge on any atom is -0.311 e. The van der Waals surface area contributed by atoms with Crippen LogP contribution in [0.4, 0.5) is 17.1 Å². The van der Waals surface area contributed by atoms with Gasteiger partial charge in [0.2, 0.25) is 0 Å². The van der Waals surface area contributed by atoms with Crippen molar-refractivity contribution in [2.24, 2.45) is 0 Å². The van der Waals surface area contributed by atoms with E-state index in [9.17, 15) is 0 Å². The van der Waals surface area contributed by atoms with E-state index in [4.69, 9.17) is 0 Å². The average molecular weight is 650 g/mol. The SMILES string of the molecule is c1ccc(-c2ccc(N(c3ccc(-c4ccc(-c5cccc6ccccc56)cc4)cc3)c3ccc(-c4ccc5ccccc5c4)cc3)cc2)cc1. The van der Waals surface area contributed by atoms with E-state index < -0.39 is 0 Å². The van der Waals surface area contributed by atoms with Gasteiger partial charge in [-0.1, -0.05) is 170 Å². The van der Waals surface area contributed by atoms with Crippen molar-refractivity contribution in [3.8, 4) is 44.5 Å². The van der Waals surface area contributed by atoms with E-state index in [1.807, 2.05) is 0 Å². The lowest BCUT2D eigenvalue weighted by Crippen LogP contribution is -2.09. The normalized spacial score (nSPS) is 11.1. The second-order valence-electron chi connectivity index (χ2n) is 13.0. The Morgan fingerprint density at radius 2 is 0.647 bits per heavy atom. The lowest BCUT2D eigenvalue weighted by atomic mass is 9.96. The Morgan fingerprint density at radius 1 is 0.235 bits per heavy atom. The highest BCUT2D eigenvalue weighted by atomic mass is 15.1. The first-order chi connectivity index (χ1) is 25.3. The lowest BCUT2D eigenvalue weighted by molar-refractivity contribution is 1.28. The van der Waals surface area contributed by atoms with Crippen molar-refractivity contribution < 1.29 is 0 Å². The van der Waals surface area contributed by atoms with E-state index in [-0.39, 0.29) is 0 Å². The summed E-state index contributed by atoms with van der Waals surface area (Å²) in [7, 11) is 0. The molecule has 0 heterocycles. The Bertz CT molecular complexity index is 2580. The van der Waals surface area contributed by atoms with Crippen LogP contribution in [-0.4, -0.2) is 0 Å². The van der Waals surface area contributed by atoms with Gasteiger partial charge in [-0.25, -0.2) is 0 Å². The number of fused-ring (bicyclic) bond motifs is 2. The van der Waals surface area contributed by atoms with E-state index >= 15 is 0 Å². The van der Waals surface area contributed by atoms with Crippen molar-refractivity contribution in [3.05, 3.63) is 212 Å². The van der Waals surface area contributed by atoms with Crippen LogP contribution in [-0.2, 0) is 0 Å². The molecule has 0 aliphatic rings. The summed E-state index contributed by atoms with van der Waals surface area (Å²) in [6, 6.07) is 76.6. The van der Waals surface area contributed by atoms with Crippen LogP contribution in [0.15, 0.2) is 212 Å². The fraction of sp³-hybridized carbons (Fsp3) is 0. The molecule has 0 aliphatic heterocycles. The third-order valence-corrected chi connectivity index (χ3v) is 9.89. The highest BCUT2D eigenvalue weighted by Crippen LogP contribution is 2.38. The molecule has 0 saturated heterocycles. The Morgan fingerprint density at radius 3 is 1.25 bits per heavy atom. The van der Waals surface area contributed by atoms with E-state index in [0.717, 1.165) is 17.1 Å². The Hall–Kier alpha value is -6.70. The second kappa shape index (κ2) is 13.3. The predicted molar refractivity (Wildman–Crippen MR) is 218 cm³/mol. The van der Waals surface area contributed by atoms with Crippen LogP contribution in [0.1, 0.15) is 0 Å². The monoisotopic (exact) mass is 649 g/mol. The molecule has 0 aliphatic carbocycles. The van der Waals surface area contributed by atoms with Crippen LogP contribution < -0.4 is 4.90 Å². The summed E-state index contributed by atoms with van der Waals surface area (Å²) in [5, 5.41) is 5.05. The van der Waals surface area contributed by atoms with E-state index in [0.29, 0.717) is 0 Å². The smallest absolute Gasteiger partial charge is 0.0462 e. The molecule has 51 heavy (non-hydrogen) atoms. The molecule has 1 heteroatoms. The molecule has 0 amide bonds.